The highest BCUT2D eigenvalue weighted by Crippen LogP contribution is 2.33. The van der Waals surface area contributed by atoms with E-state index in [0.29, 0.717) is 10.8 Å². The molecule has 126 valence electrons. The number of para-hydroxylation sites is 1. The third kappa shape index (κ3) is 2.79. The molecule has 0 N–H and O–H groups in total. The standard InChI is InChI=1S/C21H19ClN2O/c1-2-14-8-5-9-15-10-6-12-24(19(14)15)21(25)18-13-16-7-3-4-11-17(16)20(22)23-18/h3-5,7-9,11,13H,2,6,10,12H2,1H3. The van der Waals surface area contributed by atoms with Gasteiger partial charge in [0.2, 0.25) is 0 Å². The molecule has 1 aromatic heterocycles. The van der Waals surface area contributed by atoms with E-state index in [4.69, 9.17) is 11.6 Å². The zero-order chi connectivity index (χ0) is 17.4. The summed E-state index contributed by atoms with van der Waals surface area (Å²) >= 11 is 6.32. The summed E-state index contributed by atoms with van der Waals surface area (Å²) in [6.07, 6.45) is 2.88. The third-order valence-electron chi connectivity index (χ3n) is 4.84. The molecule has 3 aromatic rings. The molecular weight excluding hydrogens is 332 g/mol. The second-order valence-corrected chi connectivity index (χ2v) is 6.72. The van der Waals surface area contributed by atoms with Crippen LogP contribution in [0.15, 0.2) is 48.5 Å². The lowest BCUT2D eigenvalue weighted by Gasteiger charge is -2.31. The summed E-state index contributed by atoms with van der Waals surface area (Å²) in [7, 11) is 0. The van der Waals surface area contributed by atoms with Crippen LogP contribution in [0.25, 0.3) is 10.8 Å². The van der Waals surface area contributed by atoms with E-state index in [1.54, 1.807) is 0 Å². The minimum absolute atomic E-state index is 0.0745. The number of nitrogens with zero attached hydrogens (tertiary/aromatic N) is 2. The van der Waals surface area contributed by atoms with E-state index in [0.717, 1.165) is 42.3 Å². The van der Waals surface area contributed by atoms with Crippen LogP contribution in [0.4, 0.5) is 5.69 Å². The fourth-order valence-corrected chi connectivity index (χ4v) is 3.89. The Kier molecular flexibility index (Phi) is 4.18. The van der Waals surface area contributed by atoms with E-state index in [-0.39, 0.29) is 5.91 Å². The van der Waals surface area contributed by atoms with Crippen LogP contribution in [0.5, 0.6) is 0 Å². The maximum absolute atomic E-state index is 13.2. The summed E-state index contributed by atoms with van der Waals surface area (Å²) in [6.45, 7) is 2.84. The van der Waals surface area contributed by atoms with Crippen molar-refractivity contribution in [2.24, 2.45) is 0 Å². The van der Waals surface area contributed by atoms with Crippen LogP contribution in [0, 0.1) is 0 Å². The van der Waals surface area contributed by atoms with Crippen molar-refractivity contribution in [3.8, 4) is 0 Å². The summed E-state index contributed by atoms with van der Waals surface area (Å²) < 4.78 is 0. The van der Waals surface area contributed by atoms with Gasteiger partial charge in [0.1, 0.15) is 10.8 Å². The number of rotatable bonds is 2. The molecule has 2 aromatic carbocycles. The number of amides is 1. The van der Waals surface area contributed by atoms with Crippen LogP contribution in [0.1, 0.15) is 35.0 Å². The highest BCUT2D eigenvalue weighted by atomic mass is 35.5. The molecular formula is C21H19ClN2O. The van der Waals surface area contributed by atoms with Gasteiger partial charge in [-0.25, -0.2) is 4.98 Å². The number of carbonyl (C=O) groups excluding carboxylic acids is 1. The van der Waals surface area contributed by atoms with Crippen molar-refractivity contribution in [3.63, 3.8) is 0 Å². The average Bonchev–Trinajstić information content (AvgIpc) is 2.66. The van der Waals surface area contributed by atoms with Gasteiger partial charge in [-0.05, 0) is 41.8 Å². The van der Waals surface area contributed by atoms with Crippen molar-refractivity contribution >= 4 is 34.0 Å². The van der Waals surface area contributed by atoms with Crippen LogP contribution < -0.4 is 4.90 Å². The van der Waals surface area contributed by atoms with Gasteiger partial charge in [-0.3, -0.25) is 4.79 Å². The SMILES string of the molecule is CCc1cccc2c1N(C(=O)c1cc3ccccc3c(Cl)n1)CCC2. The molecule has 1 amide bonds. The van der Waals surface area contributed by atoms with Crippen molar-refractivity contribution in [2.75, 3.05) is 11.4 Å². The van der Waals surface area contributed by atoms with Crippen molar-refractivity contribution in [3.05, 3.63) is 70.5 Å². The van der Waals surface area contributed by atoms with E-state index in [1.807, 2.05) is 35.2 Å². The number of carbonyl (C=O) groups is 1. The fourth-order valence-electron chi connectivity index (χ4n) is 3.62. The predicted octanol–water partition coefficient (Wildman–Crippen LogP) is 5.04. The minimum atomic E-state index is -0.0745. The second kappa shape index (κ2) is 6.49. The monoisotopic (exact) mass is 350 g/mol. The van der Waals surface area contributed by atoms with E-state index in [2.05, 4.69) is 30.1 Å². The molecule has 25 heavy (non-hydrogen) atoms. The van der Waals surface area contributed by atoms with Crippen LogP contribution in [0.3, 0.4) is 0 Å². The number of aromatic nitrogens is 1. The lowest BCUT2D eigenvalue weighted by molar-refractivity contribution is 0.0980. The molecule has 0 unspecified atom stereocenters. The first-order valence-electron chi connectivity index (χ1n) is 8.67. The lowest BCUT2D eigenvalue weighted by Crippen LogP contribution is -2.36. The van der Waals surface area contributed by atoms with Crippen LogP contribution in [-0.4, -0.2) is 17.4 Å². The van der Waals surface area contributed by atoms with Gasteiger partial charge in [0.25, 0.3) is 5.91 Å². The zero-order valence-electron chi connectivity index (χ0n) is 14.1. The molecule has 0 radical (unpaired) electrons. The van der Waals surface area contributed by atoms with E-state index >= 15 is 0 Å². The smallest absolute Gasteiger partial charge is 0.276 e. The maximum Gasteiger partial charge on any atom is 0.276 e. The Morgan fingerprint density at radius 3 is 2.88 bits per heavy atom. The highest BCUT2D eigenvalue weighted by Gasteiger charge is 2.26. The molecule has 0 saturated carbocycles. The fraction of sp³-hybridized carbons (Fsp3) is 0.238. The Balaban J connectivity index is 1.81. The van der Waals surface area contributed by atoms with Crippen LogP contribution >= 0.6 is 11.6 Å². The number of fused-ring (bicyclic) bond motifs is 2. The summed E-state index contributed by atoms with van der Waals surface area (Å²) in [5.41, 5.74) is 3.91. The van der Waals surface area contributed by atoms with Crippen molar-refractivity contribution < 1.29 is 4.79 Å². The molecule has 4 heteroatoms. The molecule has 0 saturated heterocycles. The molecule has 0 bridgehead atoms. The Bertz CT molecular complexity index is 953. The second-order valence-electron chi connectivity index (χ2n) is 6.36. The summed E-state index contributed by atoms with van der Waals surface area (Å²) in [5, 5.41) is 2.18. The number of hydrogen-bond donors (Lipinski definition) is 0. The molecule has 3 nitrogen and oxygen atoms in total. The van der Waals surface area contributed by atoms with Crippen molar-refractivity contribution in [1.29, 1.82) is 0 Å². The van der Waals surface area contributed by atoms with Gasteiger partial charge in [0.05, 0.1) is 5.69 Å². The Hall–Kier alpha value is -2.39. The van der Waals surface area contributed by atoms with Crippen LogP contribution in [-0.2, 0) is 12.8 Å². The number of pyridine rings is 1. The highest BCUT2D eigenvalue weighted by molar-refractivity contribution is 6.34. The van der Waals surface area contributed by atoms with Crippen molar-refractivity contribution in [1.82, 2.24) is 4.98 Å². The van der Waals surface area contributed by atoms with Gasteiger partial charge in [-0.1, -0.05) is 61.0 Å². The molecule has 4 rings (SSSR count). The number of benzene rings is 2. The number of anilines is 1. The normalized spacial score (nSPS) is 13.8. The first-order chi connectivity index (χ1) is 12.2. The molecule has 2 heterocycles. The number of halogens is 1. The van der Waals surface area contributed by atoms with E-state index in [9.17, 15) is 4.79 Å². The Labute approximate surface area is 152 Å². The molecule has 0 atom stereocenters. The average molecular weight is 351 g/mol. The topological polar surface area (TPSA) is 33.2 Å². The first kappa shape index (κ1) is 16.1. The summed E-state index contributed by atoms with van der Waals surface area (Å²) in [5.74, 6) is -0.0745. The van der Waals surface area contributed by atoms with Crippen molar-refractivity contribution in [2.45, 2.75) is 26.2 Å². The lowest BCUT2D eigenvalue weighted by atomic mass is 9.96. The third-order valence-corrected chi connectivity index (χ3v) is 5.13. The largest absolute Gasteiger partial charge is 0.306 e. The molecule has 0 fully saturated rings. The number of aryl methyl sites for hydroxylation is 2. The molecule has 1 aliphatic rings. The van der Waals surface area contributed by atoms with Gasteiger partial charge < -0.3 is 4.90 Å². The predicted molar refractivity (Wildman–Crippen MR) is 103 cm³/mol. The Morgan fingerprint density at radius 1 is 1.20 bits per heavy atom. The minimum Gasteiger partial charge on any atom is -0.306 e. The van der Waals surface area contributed by atoms with Gasteiger partial charge in [0, 0.05) is 11.9 Å². The van der Waals surface area contributed by atoms with E-state index in [1.165, 1.54) is 11.1 Å². The first-order valence-corrected chi connectivity index (χ1v) is 9.04. The Morgan fingerprint density at radius 2 is 2.04 bits per heavy atom. The molecule has 0 spiro atoms. The van der Waals surface area contributed by atoms with Gasteiger partial charge in [0.15, 0.2) is 0 Å². The number of hydrogen-bond acceptors (Lipinski definition) is 2. The van der Waals surface area contributed by atoms with Gasteiger partial charge in [-0.15, -0.1) is 0 Å². The van der Waals surface area contributed by atoms with Gasteiger partial charge in [-0.2, -0.15) is 0 Å². The van der Waals surface area contributed by atoms with Gasteiger partial charge >= 0.3 is 0 Å². The quantitative estimate of drug-likeness (QED) is 0.606. The zero-order valence-corrected chi connectivity index (χ0v) is 14.9. The van der Waals surface area contributed by atoms with Crippen LogP contribution in [0.2, 0.25) is 5.15 Å². The summed E-state index contributed by atoms with van der Waals surface area (Å²) in [4.78, 5) is 19.5. The maximum atomic E-state index is 13.2. The summed E-state index contributed by atoms with van der Waals surface area (Å²) in [6, 6.07) is 15.9. The molecule has 0 aliphatic carbocycles. The molecule has 1 aliphatic heterocycles. The van der Waals surface area contributed by atoms with E-state index < -0.39 is 0 Å².